The summed E-state index contributed by atoms with van der Waals surface area (Å²) in [5, 5.41) is 2.22. The highest BCUT2D eigenvalue weighted by atomic mass is 32.2. The Balaban J connectivity index is 1.58. The van der Waals surface area contributed by atoms with Gasteiger partial charge >= 0.3 is 0 Å². The molecule has 0 atom stereocenters. The molecule has 6 heteroatoms. The number of amidine groups is 1. The molecule has 102 valence electrons. The molecule has 0 bridgehead atoms. The molecule has 1 aliphatic heterocycles. The largest absolute Gasteiger partial charge is 0.488 e. The molecular weight excluding hydrogens is 278 g/mol. The number of thiocarbonyl (C=S) groups is 1. The SMILES string of the molecule is NC1=[N+](CC[NH2+]CCOc2ccccc2)C(=S)SC1. The van der Waals surface area contributed by atoms with Crippen LogP contribution in [0.4, 0.5) is 0 Å². The standard InChI is InChI=1S/C13H17N3OS2/c14-12-10-19-13(18)16(12)8-6-15-7-9-17-11-4-2-1-3-5-11/h1-5,14-15H,6-10H2/p+2. The van der Waals surface area contributed by atoms with Gasteiger partial charge in [0.05, 0.1) is 0 Å². The van der Waals surface area contributed by atoms with E-state index < -0.39 is 0 Å². The first-order valence-electron chi connectivity index (χ1n) is 6.32. The summed E-state index contributed by atoms with van der Waals surface area (Å²) in [6.45, 7) is 3.49. The van der Waals surface area contributed by atoms with E-state index >= 15 is 0 Å². The summed E-state index contributed by atoms with van der Waals surface area (Å²) in [4.78, 5) is 0. The van der Waals surface area contributed by atoms with Crippen molar-refractivity contribution in [1.29, 1.82) is 0 Å². The van der Waals surface area contributed by atoms with Crippen LogP contribution in [-0.4, -0.2) is 46.7 Å². The fourth-order valence-corrected chi connectivity index (χ4v) is 2.96. The molecule has 0 fully saturated rings. The Hall–Kier alpha value is -1.11. The van der Waals surface area contributed by atoms with Gasteiger partial charge in [-0.2, -0.15) is 0 Å². The normalized spacial score (nSPS) is 15.1. The third-order valence-corrected chi connectivity index (χ3v) is 4.28. The predicted octanol–water partition coefficient (Wildman–Crippen LogP) is 0.0302. The second kappa shape index (κ2) is 7.47. The summed E-state index contributed by atoms with van der Waals surface area (Å²) >= 11 is 6.87. The lowest BCUT2D eigenvalue weighted by molar-refractivity contribution is -0.671. The van der Waals surface area contributed by atoms with Crippen LogP contribution in [0, 0.1) is 0 Å². The van der Waals surface area contributed by atoms with Gasteiger partial charge in [0.25, 0.3) is 5.84 Å². The minimum atomic E-state index is 0.711. The predicted molar refractivity (Wildman–Crippen MR) is 83.0 cm³/mol. The number of nitrogens with zero attached hydrogens (tertiary/aromatic N) is 1. The zero-order valence-electron chi connectivity index (χ0n) is 10.7. The molecule has 0 amide bonds. The van der Waals surface area contributed by atoms with Crippen LogP contribution in [0.1, 0.15) is 0 Å². The van der Waals surface area contributed by atoms with Gasteiger partial charge in [0, 0.05) is 0 Å². The van der Waals surface area contributed by atoms with Gasteiger partial charge in [0.15, 0.2) is 0 Å². The van der Waals surface area contributed by atoms with Crippen LogP contribution in [-0.2, 0) is 0 Å². The zero-order chi connectivity index (χ0) is 13.5. The van der Waals surface area contributed by atoms with E-state index in [0.29, 0.717) is 6.61 Å². The summed E-state index contributed by atoms with van der Waals surface area (Å²) in [6.07, 6.45) is 0. The molecular formula is C13H19N3OS2+2. The average molecular weight is 297 g/mol. The summed E-state index contributed by atoms with van der Waals surface area (Å²) in [5.74, 6) is 2.63. The Morgan fingerprint density at radius 1 is 1.32 bits per heavy atom. The number of hydrogen-bond donors (Lipinski definition) is 2. The van der Waals surface area contributed by atoms with Gasteiger partial charge < -0.3 is 10.1 Å². The topological polar surface area (TPSA) is 54.9 Å². The van der Waals surface area contributed by atoms with E-state index in [4.69, 9.17) is 22.7 Å². The van der Waals surface area contributed by atoms with E-state index in [1.54, 1.807) is 11.8 Å². The van der Waals surface area contributed by atoms with Crippen LogP contribution in [0.3, 0.4) is 0 Å². The lowest BCUT2D eigenvalue weighted by atomic mass is 10.3. The van der Waals surface area contributed by atoms with Crippen molar-refractivity contribution < 1.29 is 14.6 Å². The average Bonchev–Trinajstić information content (AvgIpc) is 2.75. The van der Waals surface area contributed by atoms with Gasteiger partial charge in [-0.15, -0.1) is 0 Å². The Labute approximate surface area is 123 Å². The molecule has 0 saturated carbocycles. The zero-order valence-corrected chi connectivity index (χ0v) is 12.4. The summed E-state index contributed by atoms with van der Waals surface area (Å²) in [7, 11) is 0. The summed E-state index contributed by atoms with van der Waals surface area (Å²) in [5.41, 5.74) is 5.88. The number of ether oxygens (including phenoxy) is 1. The molecule has 4 N–H and O–H groups in total. The number of nitrogens with two attached hydrogens (primary N) is 2. The van der Waals surface area contributed by atoms with E-state index in [0.717, 1.165) is 41.3 Å². The van der Waals surface area contributed by atoms with Gasteiger partial charge in [-0.25, -0.2) is 4.58 Å². The fourth-order valence-electron chi connectivity index (χ4n) is 1.79. The number of benzene rings is 1. The van der Waals surface area contributed by atoms with E-state index in [1.807, 2.05) is 34.9 Å². The minimum Gasteiger partial charge on any atom is -0.488 e. The number of rotatable bonds is 7. The highest BCUT2D eigenvalue weighted by Crippen LogP contribution is 2.11. The Kier molecular flexibility index (Phi) is 5.62. The Bertz CT molecular complexity index is 462. The molecule has 2 rings (SSSR count). The van der Waals surface area contributed by atoms with Crippen molar-refractivity contribution in [3.63, 3.8) is 0 Å². The molecule has 0 aliphatic carbocycles. The van der Waals surface area contributed by atoms with Crippen LogP contribution in [0.15, 0.2) is 30.3 Å². The van der Waals surface area contributed by atoms with Gasteiger partial charge in [0.1, 0.15) is 37.7 Å². The van der Waals surface area contributed by atoms with E-state index in [2.05, 4.69) is 5.32 Å². The maximum absolute atomic E-state index is 5.88. The number of para-hydroxylation sites is 1. The third-order valence-electron chi connectivity index (χ3n) is 2.80. The molecule has 4 nitrogen and oxygen atoms in total. The number of hydrogen-bond acceptors (Lipinski definition) is 4. The quantitative estimate of drug-likeness (QED) is 0.424. The van der Waals surface area contributed by atoms with Crippen molar-refractivity contribution in [2.45, 2.75) is 0 Å². The lowest BCUT2D eigenvalue weighted by Gasteiger charge is -2.05. The van der Waals surface area contributed by atoms with Crippen LogP contribution in [0.5, 0.6) is 5.75 Å². The van der Waals surface area contributed by atoms with Crippen LogP contribution < -0.4 is 15.8 Å². The lowest BCUT2D eigenvalue weighted by Crippen LogP contribution is -2.86. The first-order chi connectivity index (χ1) is 9.27. The first kappa shape index (κ1) is 14.3. The van der Waals surface area contributed by atoms with Crippen molar-refractivity contribution in [2.75, 3.05) is 32.0 Å². The molecule has 1 aromatic carbocycles. The van der Waals surface area contributed by atoms with Crippen LogP contribution in [0.2, 0.25) is 0 Å². The first-order valence-corrected chi connectivity index (χ1v) is 7.72. The monoisotopic (exact) mass is 297 g/mol. The van der Waals surface area contributed by atoms with Crippen LogP contribution in [0.25, 0.3) is 0 Å². The molecule has 0 unspecified atom stereocenters. The maximum atomic E-state index is 5.88. The van der Waals surface area contributed by atoms with Gasteiger partial charge in [-0.1, -0.05) is 30.0 Å². The number of quaternary nitrogens is 1. The van der Waals surface area contributed by atoms with Gasteiger partial charge in [0.2, 0.25) is 4.32 Å². The molecule has 1 heterocycles. The molecule has 19 heavy (non-hydrogen) atoms. The van der Waals surface area contributed by atoms with E-state index in [-0.39, 0.29) is 0 Å². The molecule has 0 saturated heterocycles. The van der Waals surface area contributed by atoms with Gasteiger partial charge in [-0.05, 0) is 24.4 Å². The second-order valence-corrected chi connectivity index (χ2v) is 5.83. The van der Waals surface area contributed by atoms with Gasteiger partial charge in [-0.3, -0.25) is 5.73 Å². The maximum Gasteiger partial charge on any atom is 0.259 e. The van der Waals surface area contributed by atoms with Crippen molar-refractivity contribution >= 4 is 34.1 Å². The molecule has 0 spiro atoms. The van der Waals surface area contributed by atoms with Crippen molar-refractivity contribution in [1.82, 2.24) is 0 Å². The highest BCUT2D eigenvalue weighted by Gasteiger charge is 2.23. The minimum absolute atomic E-state index is 0.711. The van der Waals surface area contributed by atoms with Crippen LogP contribution >= 0.6 is 24.0 Å². The molecule has 1 aliphatic rings. The second-order valence-electron chi connectivity index (χ2n) is 4.23. The smallest absolute Gasteiger partial charge is 0.259 e. The Morgan fingerprint density at radius 3 is 2.79 bits per heavy atom. The van der Waals surface area contributed by atoms with Crippen molar-refractivity contribution in [3.8, 4) is 5.75 Å². The fraction of sp³-hybridized carbons (Fsp3) is 0.385. The highest BCUT2D eigenvalue weighted by molar-refractivity contribution is 8.23. The Morgan fingerprint density at radius 2 is 2.11 bits per heavy atom. The van der Waals surface area contributed by atoms with E-state index in [9.17, 15) is 0 Å². The summed E-state index contributed by atoms with van der Waals surface area (Å²) in [6, 6.07) is 9.87. The molecule has 0 radical (unpaired) electrons. The summed E-state index contributed by atoms with van der Waals surface area (Å²) < 4.78 is 8.53. The third kappa shape index (κ3) is 4.49. The number of thioether (sulfide) groups is 1. The molecule has 0 aromatic heterocycles. The van der Waals surface area contributed by atoms with Crippen molar-refractivity contribution in [3.05, 3.63) is 30.3 Å². The van der Waals surface area contributed by atoms with Crippen molar-refractivity contribution in [2.24, 2.45) is 5.73 Å². The van der Waals surface area contributed by atoms with E-state index in [1.165, 1.54) is 0 Å². The molecule has 1 aromatic rings.